The van der Waals surface area contributed by atoms with E-state index in [1.165, 1.54) is 5.56 Å². The molecule has 1 aliphatic rings. The highest BCUT2D eigenvalue weighted by atomic mass is 79.9. The van der Waals surface area contributed by atoms with Gasteiger partial charge in [-0.05, 0) is 65.9 Å². The van der Waals surface area contributed by atoms with Crippen LogP contribution in [0, 0.1) is 0 Å². The van der Waals surface area contributed by atoms with Crippen molar-refractivity contribution in [3.63, 3.8) is 0 Å². The number of sulfonamides is 1. The van der Waals surface area contributed by atoms with Crippen molar-refractivity contribution in [1.82, 2.24) is 9.62 Å². The van der Waals surface area contributed by atoms with E-state index in [2.05, 4.69) is 56.2 Å². The third kappa shape index (κ3) is 5.21. The molecule has 1 heterocycles. The fourth-order valence-corrected chi connectivity index (χ4v) is 6.65. The number of aryl methyl sites for hydroxylation is 1. The summed E-state index contributed by atoms with van der Waals surface area (Å²) in [6, 6.07) is 15.8. The SMILES string of the molecule is C[C@H]1C[C@@H](N(CCCc2ccccc2)S(=O)(=O)c2cc(Br)ccc2Br)CN1. The van der Waals surface area contributed by atoms with Gasteiger partial charge < -0.3 is 5.32 Å². The first kappa shape index (κ1) is 21.0. The summed E-state index contributed by atoms with van der Waals surface area (Å²) in [5, 5.41) is 3.38. The topological polar surface area (TPSA) is 49.4 Å². The van der Waals surface area contributed by atoms with Gasteiger partial charge >= 0.3 is 0 Å². The number of hydrogen-bond donors (Lipinski definition) is 1. The molecule has 1 fully saturated rings. The fraction of sp³-hybridized carbons (Fsp3) is 0.400. The molecule has 0 radical (unpaired) electrons. The quantitative estimate of drug-likeness (QED) is 0.586. The Labute approximate surface area is 178 Å². The second kappa shape index (κ2) is 9.18. The molecule has 1 saturated heterocycles. The lowest BCUT2D eigenvalue weighted by atomic mass is 10.1. The van der Waals surface area contributed by atoms with Crippen molar-refractivity contribution in [1.29, 1.82) is 0 Å². The van der Waals surface area contributed by atoms with Crippen LogP contribution in [0.5, 0.6) is 0 Å². The van der Waals surface area contributed by atoms with Crippen molar-refractivity contribution in [3.8, 4) is 0 Å². The Hall–Kier alpha value is -0.730. The summed E-state index contributed by atoms with van der Waals surface area (Å²) in [5.41, 5.74) is 1.23. The molecule has 2 aromatic carbocycles. The molecule has 1 aliphatic heterocycles. The number of benzene rings is 2. The average molecular weight is 516 g/mol. The zero-order valence-electron chi connectivity index (χ0n) is 15.2. The van der Waals surface area contributed by atoms with E-state index in [0.717, 1.165) is 23.7 Å². The number of rotatable bonds is 7. The summed E-state index contributed by atoms with van der Waals surface area (Å²) in [6.07, 6.45) is 2.48. The summed E-state index contributed by atoms with van der Waals surface area (Å²) < 4.78 is 30.0. The summed E-state index contributed by atoms with van der Waals surface area (Å²) in [7, 11) is -3.60. The van der Waals surface area contributed by atoms with Gasteiger partial charge in [0.1, 0.15) is 0 Å². The molecule has 27 heavy (non-hydrogen) atoms. The van der Waals surface area contributed by atoms with Crippen molar-refractivity contribution < 1.29 is 8.42 Å². The van der Waals surface area contributed by atoms with Gasteiger partial charge in [-0.3, -0.25) is 0 Å². The Bertz CT molecular complexity index is 875. The number of nitrogens with zero attached hydrogens (tertiary/aromatic N) is 1. The third-order valence-corrected chi connectivity index (χ3v) is 8.34. The zero-order valence-corrected chi connectivity index (χ0v) is 19.2. The maximum absolute atomic E-state index is 13.5. The largest absolute Gasteiger partial charge is 0.313 e. The molecule has 0 amide bonds. The van der Waals surface area contributed by atoms with Crippen LogP contribution < -0.4 is 5.32 Å². The Morgan fingerprint density at radius 3 is 2.56 bits per heavy atom. The molecule has 0 spiro atoms. The average Bonchev–Trinajstić information content (AvgIpc) is 3.07. The van der Waals surface area contributed by atoms with Crippen LogP contribution in [0.2, 0.25) is 0 Å². The smallest absolute Gasteiger partial charge is 0.244 e. The van der Waals surface area contributed by atoms with E-state index in [1.54, 1.807) is 16.4 Å². The van der Waals surface area contributed by atoms with Gasteiger partial charge in [0.15, 0.2) is 0 Å². The lowest BCUT2D eigenvalue weighted by Gasteiger charge is -2.28. The van der Waals surface area contributed by atoms with E-state index in [4.69, 9.17) is 0 Å². The van der Waals surface area contributed by atoms with Crippen LogP contribution in [0.4, 0.5) is 0 Å². The Morgan fingerprint density at radius 1 is 1.15 bits per heavy atom. The highest BCUT2D eigenvalue weighted by Gasteiger charge is 2.36. The number of nitrogens with one attached hydrogen (secondary N) is 1. The van der Waals surface area contributed by atoms with Gasteiger partial charge in [0, 0.05) is 34.1 Å². The molecule has 2 atom stereocenters. The maximum atomic E-state index is 13.5. The van der Waals surface area contributed by atoms with Crippen molar-refractivity contribution in [2.24, 2.45) is 0 Å². The van der Waals surface area contributed by atoms with Crippen LogP contribution in [0.25, 0.3) is 0 Å². The molecule has 4 nitrogen and oxygen atoms in total. The summed E-state index contributed by atoms with van der Waals surface area (Å²) in [4.78, 5) is 0.316. The highest BCUT2D eigenvalue weighted by Crippen LogP contribution is 2.31. The van der Waals surface area contributed by atoms with Gasteiger partial charge in [-0.2, -0.15) is 4.31 Å². The summed E-state index contributed by atoms with van der Waals surface area (Å²) >= 11 is 6.82. The van der Waals surface area contributed by atoms with E-state index in [9.17, 15) is 8.42 Å². The minimum absolute atomic E-state index is 0.0216. The standard InChI is InChI=1S/C20H24Br2N2O2S/c1-15-12-18(14-23-15)24(11-5-8-16-6-3-2-4-7-16)27(25,26)20-13-17(21)9-10-19(20)22/h2-4,6-7,9-10,13,15,18,23H,5,8,11-12,14H2,1H3/t15-,18+/m0/s1. The minimum atomic E-state index is -3.60. The molecule has 0 aliphatic carbocycles. The van der Waals surface area contributed by atoms with E-state index < -0.39 is 10.0 Å². The first-order valence-corrected chi connectivity index (χ1v) is 12.1. The molecule has 0 unspecified atom stereocenters. The number of halogens is 2. The zero-order chi connectivity index (χ0) is 19.4. The second-order valence-electron chi connectivity index (χ2n) is 6.98. The lowest BCUT2D eigenvalue weighted by Crippen LogP contribution is -2.42. The first-order valence-electron chi connectivity index (χ1n) is 9.12. The van der Waals surface area contributed by atoms with Gasteiger partial charge in [0.2, 0.25) is 10.0 Å². The van der Waals surface area contributed by atoms with Crippen molar-refractivity contribution in [3.05, 3.63) is 63.0 Å². The molecule has 3 rings (SSSR count). The van der Waals surface area contributed by atoms with Gasteiger partial charge in [0.05, 0.1) is 4.90 Å². The lowest BCUT2D eigenvalue weighted by molar-refractivity contribution is 0.328. The predicted molar refractivity (Wildman–Crippen MR) is 116 cm³/mol. The van der Waals surface area contributed by atoms with Gasteiger partial charge in [-0.25, -0.2) is 8.42 Å². The summed E-state index contributed by atoms with van der Waals surface area (Å²) in [6.45, 7) is 3.30. The molecule has 0 saturated carbocycles. The molecule has 146 valence electrons. The highest BCUT2D eigenvalue weighted by molar-refractivity contribution is 9.11. The molecular weight excluding hydrogens is 492 g/mol. The van der Waals surface area contributed by atoms with Crippen LogP contribution >= 0.6 is 31.9 Å². The Balaban J connectivity index is 1.83. The van der Waals surface area contributed by atoms with Gasteiger partial charge in [-0.1, -0.05) is 46.3 Å². The van der Waals surface area contributed by atoms with Crippen LogP contribution in [-0.2, 0) is 16.4 Å². The van der Waals surface area contributed by atoms with Crippen LogP contribution in [0.15, 0.2) is 62.4 Å². The second-order valence-corrected chi connectivity index (χ2v) is 10.6. The van der Waals surface area contributed by atoms with E-state index in [1.807, 2.05) is 24.3 Å². The minimum Gasteiger partial charge on any atom is -0.313 e. The fourth-order valence-electron chi connectivity index (χ4n) is 3.52. The Kier molecular flexibility index (Phi) is 7.14. The van der Waals surface area contributed by atoms with Crippen LogP contribution in [-0.4, -0.2) is 37.9 Å². The molecule has 2 aromatic rings. The van der Waals surface area contributed by atoms with Crippen molar-refractivity contribution in [2.45, 2.75) is 43.2 Å². The van der Waals surface area contributed by atoms with Crippen molar-refractivity contribution in [2.75, 3.05) is 13.1 Å². The van der Waals surface area contributed by atoms with Crippen LogP contribution in [0.3, 0.4) is 0 Å². The number of hydrogen-bond acceptors (Lipinski definition) is 3. The van der Waals surface area contributed by atoms with Crippen LogP contribution in [0.1, 0.15) is 25.3 Å². The van der Waals surface area contributed by atoms with Gasteiger partial charge in [0.25, 0.3) is 0 Å². The van der Waals surface area contributed by atoms with Gasteiger partial charge in [-0.15, -0.1) is 0 Å². The molecule has 0 bridgehead atoms. The monoisotopic (exact) mass is 514 g/mol. The Morgan fingerprint density at radius 2 is 1.89 bits per heavy atom. The maximum Gasteiger partial charge on any atom is 0.244 e. The van der Waals surface area contributed by atoms with E-state index in [-0.39, 0.29) is 6.04 Å². The molecule has 7 heteroatoms. The van der Waals surface area contributed by atoms with Crippen molar-refractivity contribution >= 4 is 41.9 Å². The predicted octanol–water partition coefficient (Wildman–Crippen LogP) is 4.59. The first-order chi connectivity index (χ1) is 12.9. The third-order valence-electron chi connectivity index (χ3n) is 4.90. The van der Waals surface area contributed by atoms with E-state index >= 15 is 0 Å². The molecule has 0 aromatic heterocycles. The normalized spacial score (nSPS) is 20.3. The van der Waals surface area contributed by atoms with E-state index in [0.29, 0.717) is 28.5 Å². The summed E-state index contributed by atoms with van der Waals surface area (Å²) in [5.74, 6) is 0. The molecule has 1 N–H and O–H groups in total. The molecular formula is C20H24Br2N2O2S.